The average molecular weight is 413 g/mol. The summed E-state index contributed by atoms with van der Waals surface area (Å²) in [5.74, 6) is -0.319. The van der Waals surface area contributed by atoms with Gasteiger partial charge in [0.15, 0.2) is 0 Å². The minimum atomic E-state index is -0.299. The molecule has 7 heteroatoms. The van der Waals surface area contributed by atoms with E-state index in [2.05, 4.69) is 10.00 Å². The molecule has 3 aromatic rings. The second kappa shape index (κ2) is 8.25. The summed E-state index contributed by atoms with van der Waals surface area (Å²) in [4.78, 5) is 17.2. The monoisotopic (exact) mass is 412 g/mol. The van der Waals surface area contributed by atoms with Gasteiger partial charge in [0, 0.05) is 26.2 Å². The number of benzene rings is 2. The second-order valence-electron chi connectivity index (χ2n) is 6.98. The molecule has 1 aliphatic heterocycles. The number of nitrogens with zero attached hydrogens (tertiary/aromatic N) is 4. The Bertz CT molecular complexity index is 1010. The van der Waals surface area contributed by atoms with E-state index in [9.17, 15) is 9.18 Å². The van der Waals surface area contributed by atoms with Crippen molar-refractivity contribution < 1.29 is 9.18 Å². The van der Waals surface area contributed by atoms with E-state index in [-0.39, 0.29) is 11.7 Å². The number of carbonyl (C=O) groups excluding carboxylic acids is 1. The first kappa shape index (κ1) is 19.5. The van der Waals surface area contributed by atoms with E-state index in [4.69, 9.17) is 11.6 Å². The maximum atomic E-state index is 13.2. The Morgan fingerprint density at radius 1 is 1.07 bits per heavy atom. The van der Waals surface area contributed by atoms with Crippen LogP contribution in [0.25, 0.3) is 5.69 Å². The summed E-state index contributed by atoms with van der Waals surface area (Å²) < 4.78 is 15.0. The zero-order chi connectivity index (χ0) is 20.4. The Kier molecular flexibility index (Phi) is 5.53. The van der Waals surface area contributed by atoms with Gasteiger partial charge in [-0.15, -0.1) is 0 Å². The van der Waals surface area contributed by atoms with Gasteiger partial charge in [0.1, 0.15) is 5.82 Å². The summed E-state index contributed by atoms with van der Waals surface area (Å²) in [5, 5.41) is 5.12. The van der Waals surface area contributed by atoms with Crippen LogP contribution in [-0.2, 0) is 6.42 Å². The first-order chi connectivity index (χ1) is 14.1. The summed E-state index contributed by atoms with van der Waals surface area (Å²) in [6, 6.07) is 13.9. The third kappa shape index (κ3) is 3.85. The number of para-hydroxylation sites is 1. The number of aromatic nitrogens is 2. The molecule has 0 saturated carbocycles. The van der Waals surface area contributed by atoms with Crippen molar-refractivity contribution >= 4 is 23.2 Å². The molecule has 29 heavy (non-hydrogen) atoms. The van der Waals surface area contributed by atoms with Crippen molar-refractivity contribution in [2.45, 2.75) is 13.3 Å². The number of hydrogen-bond acceptors (Lipinski definition) is 3. The van der Waals surface area contributed by atoms with E-state index in [1.165, 1.54) is 12.1 Å². The average Bonchev–Trinajstić information content (AvgIpc) is 3.18. The van der Waals surface area contributed by atoms with Gasteiger partial charge in [0.25, 0.3) is 5.91 Å². The van der Waals surface area contributed by atoms with Crippen LogP contribution in [0.1, 0.15) is 23.0 Å². The number of rotatable bonds is 4. The molecule has 0 radical (unpaired) electrons. The molecule has 1 fully saturated rings. The fraction of sp³-hybridized carbons (Fsp3) is 0.273. The van der Waals surface area contributed by atoms with E-state index < -0.39 is 0 Å². The molecule has 1 amide bonds. The highest BCUT2D eigenvalue weighted by Gasteiger charge is 2.26. The minimum absolute atomic E-state index is 0.0194. The number of amides is 1. The third-order valence-electron chi connectivity index (χ3n) is 5.27. The molecule has 0 aliphatic carbocycles. The highest BCUT2D eigenvalue weighted by molar-refractivity contribution is 6.33. The van der Waals surface area contributed by atoms with Crippen LogP contribution in [0.4, 0.5) is 10.1 Å². The van der Waals surface area contributed by atoms with Crippen molar-refractivity contribution in [1.82, 2.24) is 14.7 Å². The van der Waals surface area contributed by atoms with E-state index in [0.717, 1.165) is 35.2 Å². The lowest BCUT2D eigenvalue weighted by Gasteiger charge is -2.36. The van der Waals surface area contributed by atoms with Crippen LogP contribution in [0.3, 0.4) is 0 Å². The van der Waals surface area contributed by atoms with Crippen molar-refractivity contribution in [2.24, 2.45) is 0 Å². The minimum Gasteiger partial charge on any atom is -0.367 e. The molecule has 0 N–H and O–H groups in total. The highest BCUT2D eigenvalue weighted by atomic mass is 35.5. The third-order valence-corrected chi connectivity index (χ3v) is 5.59. The Morgan fingerprint density at radius 2 is 1.76 bits per heavy atom. The van der Waals surface area contributed by atoms with Crippen LogP contribution in [0.2, 0.25) is 5.02 Å². The SMILES string of the molecule is CCc1c(C(=O)N2CCN(c3ccccc3Cl)CC2)cnn1-c1ccc(F)cc1. The molecule has 5 nitrogen and oxygen atoms in total. The summed E-state index contributed by atoms with van der Waals surface area (Å²) in [6.45, 7) is 4.68. The van der Waals surface area contributed by atoms with Gasteiger partial charge in [-0.05, 0) is 42.8 Å². The predicted molar refractivity (Wildman–Crippen MR) is 112 cm³/mol. The van der Waals surface area contributed by atoms with Crippen LogP contribution in [0.15, 0.2) is 54.7 Å². The lowest BCUT2D eigenvalue weighted by molar-refractivity contribution is 0.0745. The standard InChI is InChI=1S/C22H22ClFN4O/c1-2-20-18(15-25-28(20)17-9-7-16(24)8-10-17)22(29)27-13-11-26(12-14-27)21-6-4-3-5-19(21)23/h3-10,15H,2,11-14H2,1H3. The van der Waals surface area contributed by atoms with Crippen LogP contribution < -0.4 is 4.90 Å². The smallest absolute Gasteiger partial charge is 0.257 e. The zero-order valence-corrected chi connectivity index (χ0v) is 16.9. The fourth-order valence-corrected chi connectivity index (χ4v) is 3.98. The largest absolute Gasteiger partial charge is 0.367 e. The van der Waals surface area contributed by atoms with E-state index in [0.29, 0.717) is 25.1 Å². The topological polar surface area (TPSA) is 41.4 Å². The van der Waals surface area contributed by atoms with Gasteiger partial charge in [-0.3, -0.25) is 4.79 Å². The van der Waals surface area contributed by atoms with Crippen molar-refractivity contribution in [2.75, 3.05) is 31.1 Å². The number of hydrogen-bond donors (Lipinski definition) is 0. The molecule has 1 saturated heterocycles. The fourth-order valence-electron chi connectivity index (χ4n) is 3.73. The lowest BCUT2D eigenvalue weighted by atomic mass is 10.1. The van der Waals surface area contributed by atoms with Crippen molar-refractivity contribution in [3.05, 3.63) is 76.8 Å². The normalized spacial score (nSPS) is 14.3. The molecule has 1 aliphatic rings. The second-order valence-corrected chi connectivity index (χ2v) is 7.38. The van der Waals surface area contributed by atoms with Crippen LogP contribution >= 0.6 is 11.6 Å². The summed E-state index contributed by atoms with van der Waals surface area (Å²) in [7, 11) is 0. The predicted octanol–water partition coefficient (Wildman–Crippen LogP) is 4.19. The van der Waals surface area contributed by atoms with Gasteiger partial charge in [-0.2, -0.15) is 5.10 Å². The highest BCUT2D eigenvalue weighted by Crippen LogP contribution is 2.26. The quantitative estimate of drug-likeness (QED) is 0.645. The molecule has 4 rings (SSSR count). The molecule has 0 bridgehead atoms. The molecular weight excluding hydrogens is 391 g/mol. The molecule has 0 unspecified atom stereocenters. The number of anilines is 1. The van der Waals surface area contributed by atoms with Crippen molar-refractivity contribution in [3.8, 4) is 5.69 Å². The van der Waals surface area contributed by atoms with Gasteiger partial charge in [-0.25, -0.2) is 9.07 Å². The Balaban J connectivity index is 1.51. The van der Waals surface area contributed by atoms with Gasteiger partial charge in [-0.1, -0.05) is 30.7 Å². The van der Waals surface area contributed by atoms with Gasteiger partial charge < -0.3 is 9.80 Å². The maximum absolute atomic E-state index is 13.2. The van der Waals surface area contributed by atoms with Crippen LogP contribution in [-0.4, -0.2) is 46.8 Å². The van der Waals surface area contributed by atoms with E-state index >= 15 is 0 Å². The number of piperazine rings is 1. The van der Waals surface area contributed by atoms with Crippen molar-refractivity contribution in [1.29, 1.82) is 0 Å². The molecule has 150 valence electrons. The zero-order valence-electron chi connectivity index (χ0n) is 16.2. The summed E-state index contributed by atoms with van der Waals surface area (Å²) >= 11 is 6.31. The van der Waals surface area contributed by atoms with Gasteiger partial charge in [0.05, 0.1) is 33.9 Å². The van der Waals surface area contributed by atoms with Crippen LogP contribution in [0.5, 0.6) is 0 Å². The summed E-state index contributed by atoms with van der Waals surface area (Å²) in [6.07, 6.45) is 2.27. The molecule has 2 heterocycles. The molecular formula is C22H22ClFN4O. The van der Waals surface area contributed by atoms with E-state index in [1.807, 2.05) is 36.1 Å². The summed E-state index contributed by atoms with van der Waals surface area (Å²) in [5.41, 5.74) is 3.17. The Hall–Kier alpha value is -2.86. The molecule has 0 spiro atoms. The lowest BCUT2D eigenvalue weighted by Crippen LogP contribution is -2.49. The Morgan fingerprint density at radius 3 is 2.41 bits per heavy atom. The van der Waals surface area contributed by atoms with E-state index in [1.54, 1.807) is 23.0 Å². The first-order valence-corrected chi connectivity index (χ1v) is 10.1. The number of halogens is 2. The number of carbonyl (C=O) groups is 1. The van der Waals surface area contributed by atoms with Gasteiger partial charge in [0.2, 0.25) is 0 Å². The molecule has 2 aromatic carbocycles. The first-order valence-electron chi connectivity index (χ1n) is 9.70. The van der Waals surface area contributed by atoms with Gasteiger partial charge >= 0.3 is 0 Å². The van der Waals surface area contributed by atoms with Crippen molar-refractivity contribution in [3.63, 3.8) is 0 Å². The molecule has 1 aromatic heterocycles. The molecule has 0 atom stereocenters. The van der Waals surface area contributed by atoms with Crippen LogP contribution in [0, 0.1) is 5.82 Å². The maximum Gasteiger partial charge on any atom is 0.257 e. The Labute approximate surface area is 174 Å².